The number of piperidine rings is 1. The number of nitro groups is 1. The third kappa shape index (κ3) is 3.33. The largest absolute Gasteiger partial charge is 0.481 e. The molecule has 112 valence electrons. The van der Waals surface area contributed by atoms with Gasteiger partial charge in [0.05, 0.1) is 16.9 Å². The maximum atomic E-state index is 13.4. The lowest BCUT2D eigenvalue weighted by Crippen LogP contribution is -2.42. The molecule has 0 radical (unpaired) electrons. The average Bonchev–Trinajstić information content (AvgIpc) is 2.45. The number of carbonyl (C=O) groups is 2. The zero-order valence-corrected chi connectivity index (χ0v) is 11.0. The Labute approximate surface area is 119 Å². The molecule has 0 aromatic heterocycles. The molecule has 8 heteroatoms. The molecule has 0 saturated carbocycles. The number of carboxylic acid groups (broad SMARTS) is 1. The molecular weight excluding hydrogens is 283 g/mol. The Morgan fingerprint density at radius 2 is 2.10 bits per heavy atom. The Kier molecular flexibility index (Phi) is 4.15. The van der Waals surface area contributed by atoms with Crippen LogP contribution in [0.5, 0.6) is 0 Å². The summed E-state index contributed by atoms with van der Waals surface area (Å²) < 4.78 is 13.4. The van der Waals surface area contributed by atoms with Gasteiger partial charge in [-0.05, 0) is 18.9 Å². The van der Waals surface area contributed by atoms with Crippen LogP contribution in [-0.2, 0) is 4.79 Å². The highest BCUT2D eigenvalue weighted by Gasteiger charge is 2.29. The average molecular weight is 296 g/mol. The number of non-ortho nitro benzene ring substituents is 1. The fourth-order valence-electron chi connectivity index (χ4n) is 2.35. The summed E-state index contributed by atoms with van der Waals surface area (Å²) in [7, 11) is 0. The molecule has 1 atom stereocenters. The summed E-state index contributed by atoms with van der Waals surface area (Å²) in [5.41, 5.74) is -0.655. The van der Waals surface area contributed by atoms with Crippen LogP contribution in [-0.4, -0.2) is 39.9 Å². The molecule has 1 saturated heterocycles. The summed E-state index contributed by atoms with van der Waals surface area (Å²) in [4.78, 5) is 34.4. The van der Waals surface area contributed by atoms with Gasteiger partial charge in [-0.2, -0.15) is 0 Å². The molecule has 1 aliphatic heterocycles. The van der Waals surface area contributed by atoms with Crippen molar-refractivity contribution in [3.63, 3.8) is 0 Å². The number of aliphatic carboxylic acids is 1. The molecule has 1 N–H and O–H groups in total. The molecule has 0 unspecified atom stereocenters. The second kappa shape index (κ2) is 5.86. The summed E-state index contributed by atoms with van der Waals surface area (Å²) in [5.74, 6) is -3.12. The van der Waals surface area contributed by atoms with Gasteiger partial charge in [0, 0.05) is 24.7 Å². The Balaban J connectivity index is 2.23. The van der Waals surface area contributed by atoms with Crippen LogP contribution in [0.25, 0.3) is 0 Å². The lowest BCUT2D eigenvalue weighted by Gasteiger charge is -2.30. The van der Waals surface area contributed by atoms with Gasteiger partial charge >= 0.3 is 5.97 Å². The topological polar surface area (TPSA) is 101 Å². The number of nitro benzene ring substituents is 1. The number of carboxylic acids is 1. The van der Waals surface area contributed by atoms with Gasteiger partial charge in [0.2, 0.25) is 0 Å². The molecule has 0 bridgehead atoms. The summed E-state index contributed by atoms with van der Waals surface area (Å²) >= 11 is 0. The summed E-state index contributed by atoms with van der Waals surface area (Å²) in [6.45, 7) is 0.380. The van der Waals surface area contributed by atoms with Crippen LogP contribution in [0.2, 0.25) is 0 Å². The van der Waals surface area contributed by atoms with E-state index in [-0.39, 0.29) is 12.1 Å². The van der Waals surface area contributed by atoms with Crippen LogP contribution >= 0.6 is 0 Å². The molecule has 1 aromatic rings. The van der Waals surface area contributed by atoms with E-state index in [0.717, 1.165) is 18.2 Å². The number of hydrogen-bond acceptors (Lipinski definition) is 4. The van der Waals surface area contributed by atoms with E-state index in [1.54, 1.807) is 0 Å². The molecule has 1 heterocycles. The van der Waals surface area contributed by atoms with Crippen molar-refractivity contribution in [3.05, 3.63) is 39.7 Å². The fourth-order valence-corrected chi connectivity index (χ4v) is 2.35. The van der Waals surface area contributed by atoms with E-state index in [0.29, 0.717) is 19.4 Å². The van der Waals surface area contributed by atoms with Gasteiger partial charge in [0.25, 0.3) is 11.6 Å². The lowest BCUT2D eigenvalue weighted by atomic mass is 9.97. The quantitative estimate of drug-likeness (QED) is 0.675. The molecule has 1 aromatic carbocycles. The zero-order valence-electron chi connectivity index (χ0n) is 11.0. The van der Waals surface area contributed by atoms with E-state index in [4.69, 9.17) is 5.11 Å². The van der Waals surface area contributed by atoms with Gasteiger partial charge in [-0.3, -0.25) is 19.7 Å². The minimum absolute atomic E-state index is 0.0263. The first kappa shape index (κ1) is 14.9. The van der Waals surface area contributed by atoms with E-state index < -0.39 is 34.2 Å². The normalized spacial score (nSPS) is 18.3. The first-order chi connectivity index (χ1) is 9.88. The third-order valence-electron chi connectivity index (χ3n) is 3.40. The molecule has 1 amide bonds. The number of halogens is 1. The monoisotopic (exact) mass is 296 g/mol. The molecule has 7 nitrogen and oxygen atoms in total. The Bertz CT molecular complexity index is 604. The Morgan fingerprint density at radius 1 is 1.38 bits per heavy atom. The molecule has 0 spiro atoms. The van der Waals surface area contributed by atoms with Crippen LogP contribution in [0.3, 0.4) is 0 Å². The third-order valence-corrected chi connectivity index (χ3v) is 3.40. The lowest BCUT2D eigenvalue weighted by molar-refractivity contribution is -0.385. The second-order valence-electron chi connectivity index (χ2n) is 4.88. The SMILES string of the molecule is O=C(O)[C@@H]1CCCN(C(=O)c2cc(F)cc([N+](=O)[O-])c2)C1. The number of nitrogens with zero attached hydrogens (tertiary/aromatic N) is 2. The predicted octanol–water partition coefficient (Wildman–Crippen LogP) is 1.67. The molecular formula is C13H13FN2O5. The van der Waals surface area contributed by atoms with E-state index in [9.17, 15) is 24.1 Å². The van der Waals surface area contributed by atoms with Gasteiger partial charge in [0.1, 0.15) is 5.82 Å². The van der Waals surface area contributed by atoms with Crippen molar-refractivity contribution in [2.24, 2.45) is 5.92 Å². The zero-order chi connectivity index (χ0) is 15.6. The molecule has 1 aliphatic rings. The van der Waals surface area contributed by atoms with Crippen molar-refractivity contribution in [2.75, 3.05) is 13.1 Å². The van der Waals surface area contributed by atoms with Gasteiger partial charge in [0.15, 0.2) is 0 Å². The smallest absolute Gasteiger partial charge is 0.308 e. The number of likely N-dealkylation sites (tertiary alicyclic amines) is 1. The van der Waals surface area contributed by atoms with Crippen LogP contribution in [0.1, 0.15) is 23.2 Å². The highest BCUT2D eigenvalue weighted by atomic mass is 19.1. The summed E-state index contributed by atoms with van der Waals surface area (Å²) in [6.07, 6.45) is 1.00. The van der Waals surface area contributed by atoms with Crippen LogP contribution in [0.4, 0.5) is 10.1 Å². The van der Waals surface area contributed by atoms with E-state index >= 15 is 0 Å². The Hall–Kier alpha value is -2.51. The van der Waals surface area contributed by atoms with Crippen molar-refractivity contribution in [3.8, 4) is 0 Å². The molecule has 21 heavy (non-hydrogen) atoms. The van der Waals surface area contributed by atoms with Gasteiger partial charge in [-0.15, -0.1) is 0 Å². The molecule has 0 aliphatic carbocycles. The minimum atomic E-state index is -0.988. The van der Waals surface area contributed by atoms with Crippen molar-refractivity contribution in [2.45, 2.75) is 12.8 Å². The number of carbonyl (C=O) groups excluding carboxylic acids is 1. The minimum Gasteiger partial charge on any atom is -0.481 e. The van der Waals surface area contributed by atoms with E-state index in [2.05, 4.69) is 0 Å². The Morgan fingerprint density at radius 3 is 2.71 bits per heavy atom. The van der Waals surface area contributed by atoms with Crippen LogP contribution in [0, 0.1) is 21.8 Å². The van der Waals surface area contributed by atoms with Crippen LogP contribution < -0.4 is 0 Å². The highest BCUT2D eigenvalue weighted by molar-refractivity contribution is 5.95. The first-order valence-corrected chi connectivity index (χ1v) is 6.35. The maximum absolute atomic E-state index is 13.4. The van der Waals surface area contributed by atoms with E-state index in [1.807, 2.05) is 0 Å². The maximum Gasteiger partial charge on any atom is 0.308 e. The number of hydrogen-bond donors (Lipinski definition) is 1. The summed E-state index contributed by atoms with van der Waals surface area (Å²) in [6, 6.07) is 2.64. The van der Waals surface area contributed by atoms with Crippen molar-refractivity contribution in [1.29, 1.82) is 0 Å². The fraction of sp³-hybridized carbons (Fsp3) is 0.385. The van der Waals surface area contributed by atoms with Gasteiger partial charge in [-0.25, -0.2) is 4.39 Å². The molecule has 2 rings (SSSR count). The van der Waals surface area contributed by atoms with Crippen molar-refractivity contribution in [1.82, 2.24) is 4.90 Å². The standard InChI is InChI=1S/C13H13FN2O5/c14-10-4-9(5-11(6-10)16(20)21)12(17)15-3-1-2-8(7-15)13(18)19/h4-6,8H,1-3,7H2,(H,18,19)/t8-/m1/s1. The van der Waals surface area contributed by atoms with Crippen molar-refractivity contribution >= 4 is 17.6 Å². The highest BCUT2D eigenvalue weighted by Crippen LogP contribution is 2.22. The second-order valence-corrected chi connectivity index (χ2v) is 4.88. The van der Waals surface area contributed by atoms with Gasteiger partial charge < -0.3 is 10.0 Å². The number of rotatable bonds is 3. The summed E-state index contributed by atoms with van der Waals surface area (Å²) in [5, 5.41) is 19.7. The number of amides is 1. The van der Waals surface area contributed by atoms with Gasteiger partial charge in [-0.1, -0.05) is 0 Å². The predicted molar refractivity (Wildman–Crippen MR) is 69.3 cm³/mol. The van der Waals surface area contributed by atoms with Crippen LogP contribution in [0.15, 0.2) is 18.2 Å². The first-order valence-electron chi connectivity index (χ1n) is 6.35. The number of benzene rings is 1. The van der Waals surface area contributed by atoms with E-state index in [1.165, 1.54) is 4.90 Å². The van der Waals surface area contributed by atoms with Crippen molar-refractivity contribution < 1.29 is 24.0 Å². The molecule has 1 fully saturated rings.